The molecule has 0 saturated carbocycles. The Kier molecular flexibility index (Phi) is 7.90. The number of methoxy groups -OCH3 is 1. The molecule has 1 N–H and O–H groups in total. The van der Waals surface area contributed by atoms with E-state index in [2.05, 4.69) is 34.1 Å². The van der Waals surface area contributed by atoms with Gasteiger partial charge in [0.05, 0.1) is 23.4 Å². The van der Waals surface area contributed by atoms with E-state index >= 15 is 0 Å². The molecule has 0 aliphatic carbocycles. The van der Waals surface area contributed by atoms with Crippen molar-refractivity contribution in [1.29, 1.82) is 0 Å². The SMILES string of the molecule is COCC(C)(C)c1ccc(Nc2nc(OCc3ccccc3)nc3cc(-c4ncccc4C(F)(F)F)ccc23)cc1. The molecule has 0 spiro atoms. The van der Waals surface area contributed by atoms with Crippen LogP contribution in [0.2, 0.25) is 0 Å². The number of benzene rings is 3. The van der Waals surface area contributed by atoms with Crippen molar-refractivity contribution in [2.75, 3.05) is 19.0 Å². The molecule has 6 nitrogen and oxygen atoms in total. The third-order valence-corrected chi connectivity index (χ3v) is 6.71. The van der Waals surface area contributed by atoms with E-state index < -0.39 is 11.7 Å². The number of anilines is 2. The van der Waals surface area contributed by atoms with Crippen molar-refractivity contribution in [2.24, 2.45) is 0 Å². The monoisotopic (exact) mass is 558 g/mol. The van der Waals surface area contributed by atoms with Crippen LogP contribution in [0, 0.1) is 0 Å². The van der Waals surface area contributed by atoms with Crippen LogP contribution in [0.15, 0.2) is 91.1 Å². The highest BCUT2D eigenvalue weighted by Gasteiger charge is 2.34. The van der Waals surface area contributed by atoms with Crippen molar-refractivity contribution in [2.45, 2.75) is 32.0 Å². The van der Waals surface area contributed by atoms with Crippen LogP contribution in [0.1, 0.15) is 30.5 Å². The molecule has 0 bridgehead atoms. The van der Waals surface area contributed by atoms with Crippen LogP contribution in [0.3, 0.4) is 0 Å². The highest BCUT2D eigenvalue weighted by Crippen LogP contribution is 2.37. The summed E-state index contributed by atoms with van der Waals surface area (Å²) in [5, 5.41) is 3.95. The maximum Gasteiger partial charge on any atom is 0.418 e. The Morgan fingerprint density at radius 2 is 1.61 bits per heavy atom. The fourth-order valence-corrected chi connectivity index (χ4v) is 4.59. The Labute approximate surface area is 236 Å². The molecule has 0 radical (unpaired) electrons. The maximum atomic E-state index is 13.7. The first-order chi connectivity index (χ1) is 19.6. The van der Waals surface area contributed by atoms with E-state index in [-0.39, 0.29) is 29.3 Å². The Bertz CT molecular complexity index is 1640. The minimum absolute atomic E-state index is 0.0934. The molecule has 0 amide bonds. The number of fused-ring (bicyclic) bond motifs is 1. The van der Waals surface area contributed by atoms with Gasteiger partial charge in [-0.2, -0.15) is 23.1 Å². The molecule has 2 aromatic heterocycles. The number of ether oxygens (including phenoxy) is 2. The molecule has 9 heteroatoms. The molecular weight excluding hydrogens is 529 g/mol. The lowest BCUT2D eigenvalue weighted by molar-refractivity contribution is -0.137. The van der Waals surface area contributed by atoms with Crippen LogP contribution in [0.25, 0.3) is 22.2 Å². The van der Waals surface area contributed by atoms with Gasteiger partial charge < -0.3 is 14.8 Å². The largest absolute Gasteiger partial charge is 0.459 e. The van der Waals surface area contributed by atoms with Crippen molar-refractivity contribution >= 4 is 22.4 Å². The number of halogens is 3. The van der Waals surface area contributed by atoms with Crippen LogP contribution < -0.4 is 10.1 Å². The number of pyridine rings is 1. The molecular formula is C32H29F3N4O2. The minimum atomic E-state index is -4.55. The summed E-state index contributed by atoms with van der Waals surface area (Å²) in [6.07, 6.45) is -3.21. The summed E-state index contributed by atoms with van der Waals surface area (Å²) in [6, 6.07) is 24.8. The Balaban J connectivity index is 1.54. The zero-order valence-electron chi connectivity index (χ0n) is 22.9. The van der Waals surface area contributed by atoms with E-state index in [1.807, 2.05) is 54.6 Å². The average molecular weight is 559 g/mol. The summed E-state index contributed by atoms with van der Waals surface area (Å²) in [4.78, 5) is 13.2. The molecule has 0 aliphatic rings. The fourth-order valence-electron chi connectivity index (χ4n) is 4.59. The zero-order valence-corrected chi connectivity index (χ0v) is 22.9. The van der Waals surface area contributed by atoms with Crippen LogP contribution in [-0.2, 0) is 22.9 Å². The smallest absolute Gasteiger partial charge is 0.418 e. The van der Waals surface area contributed by atoms with Gasteiger partial charge in [0, 0.05) is 35.4 Å². The van der Waals surface area contributed by atoms with Gasteiger partial charge in [0.15, 0.2) is 0 Å². The van der Waals surface area contributed by atoms with Gasteiger partial charge in [0.2, 0.25) is 0 Å². The van der Waals surface area contributed by atoms with Crippen LogP contribution in [0.4, 0.5) is 24.7 Å². The van der Waals surface area contributed by atoms with Crippen molar-refractivity contribution in [3.8, 4) is 17.3 Å². The number of nitrogens with one attached hydrogen (secondary N) is 1. The lowest BCUT2D eigenvalue weighted by Crippen LogP contribution is -2.23. The third-order valence-electron chi connectivity index (χ3n) is 6.71. The quantitative estimate of drug-likeness (QED) is 0.198. The van der Waals surface area contributed by atoms with E-state index in [0.717, 1.165) is 22.9 Å². The predicted octanol–water partition coefficient (Wildman–Crippen LogP) is 7.96. The van der Waals surface area contributed by atoms with E-state index in [1.54, 1.807) is 25.3 Å². The molecule has 0 fully saturated rings. The summed E-state index contributed by atoms with van der Waals surface area (Å²) in [7, 11) is 1.68. The van der Waals surface area contributed by atoms with Crippen LogP contribution >= 0.6 is 0 Å². The molecule has 41 heavy (non-hydrogen) atoms. The first-order valence-electron chi connectivity index (χ1n) is 13.0. The molecule has 5 aromatic rings. The van der Waals surface area contributed by atoms with Gasteiger partial charge in [0.25, 0.3) is 0 Å². The van der Waals surface area contributed by atoms with Crippen molar-refractivity contribution in [3.05, 3.63) is 108 Å². The third kappa shape index (κ3) is 6.47. The Morgan fingerprint density at radius 3 is 2.32 bits per heavy atom. The number of hydrogen-bond donors (Lipinski definition) is 1. The summed E-state index contributed by atoms with van der Waals surface area (Å²) in [6.45, 7) is 5.02. The van der Waals surface area contributed by atoms with Gasteiger partial charge in [-0.1, -0.05) is 62.4 Å². The number of aromatic nitrogens is 3. The Morgan fingerprint density at radius 1 is 0.854 bits per heavy atom. The number of hydrogen-bond acceptors (Lipinski definition) is 6. The lowest BCUT2D eigenvalue weighted by atomic mass is 9.85. The molecule has 5 rings (SSSR count). The van der Waals surface area contributed by atoms with E-state index in [9.17, 15) is 13.2 Å². The predicted molar refractivity (Wildman–Crippen MR) is 153 cm³/mol. The molecule has 210 valence electrons. The molecule has 0 saturated heterocycles. The molecule has 0 atom stereocenters. The average Bonchev–Trinajstić information content (AvgIpc) is 2.96. The fraction of sp³-hybridized carbons (Fsp3) is 0.219. The maximum absolute atomic E-state index is 13.7. The second-order valence-corrected chi connectivity index (χ2v) is 10.3. The van der Waals surface area contributed by atoms with Gasteiger partial charge in [-0.05, 0) is 47.5 Å². The van der Waals surface area contributed by atoms with Gasteiger partial charge in [-0.3, -0.25) is 4.98 Å². The summed E-state index contributed by atoms with van der Waals surface area (Å²) in [5.74, 6) is 0.463. The van der Waals surface area contributed by atoms with E-state index in [1.165, 1.54) is 12.3 Å². The molecule has 2 heterocycles. The highest BCUT2D eigenvalue weighted by molar-refractivity contribution is 5.93. The van der Waals surface area contributed by atoms with Gasteiger partial charge >= 0.3 is 12.2 Å². The first-order valence-corrected chi connectivity index (χ1v) is 13.0. The van der Waals surface area contributed by atoms with Gasteiger partial charge in [-0.25, -0.2) is 0 Å². The number of alkyl halides is 3. The van der Waals surface area contributed by atoms with E-state index in [4.69, 9.17) is 9.47 Å². The standard InChI is InChI=1S/C32H29F3N4O2/c1-31(2,20-40-3)23-12-14-24(15-13-23)37-29-25-16-11-22(28-26(32(33,34)35)10-7-17-36-28)18-27(25)38-30(39-29)41-19-21-8-5-4-6-9-21/h4-18H,19-20H2,1-3H3,(H,37,38,39). The lowest BCUT2D eigenvalue weighted by Gasteiger charge is -2.24. The van der Waals surface area contributed by atoms with Crippen LogP contribution in [0.5, 0.6) is 6.01 Å². The van der Waals surface area contributed by atoms with Crippen molar-refractivity contribution in [1.82, 2.24) is 15.0 Å². The van der Waals surface area contributed by atoms with Crippen LogP contribution in [-0.4, -0.2) is 28.7 Å². The number of rotatable bonds is 9. The normalized spacial score (nSPS) is 12.0. The second kappa shape index (κ2) is 11.5. The zero-order chi connectivity index (χ0) is 29.0. The molecule has 3 aromatic carbocycles. The first kappa shape index (κ1) is 28.0. The topological polar surface area (TPSA) is 69.2 Å². The summed E-state index contributed by atoms with van der Waals surface area (Å²) < 4.78 is 52.4. The Hall–Kier alpha value is -4.50. The number of nitrogens with zero attached hydrogens (tertiary/aromatic N) is 3. The van der Waals surface area contributed by atoms with Crippen molar-refractivity contribution in [3.63, 3.8) is 0 Å². The highest BCUT2D eigenvalue weighted by atomic mass is 19.4. The molecule has 0 aliphatic heterocycles. The summed E-state index contributed by atoms with van der Waals surface area (Å²) >= 11 is 0. The summed E-state index contributed by atoms with van der Waals surface area (Å²) in [5.41, 5.74) is 2.38. The van der Waals surface area contributed by atoms with Crippen molar-refractivity contribution < 1.29 is 22.6 Å². The minimum Gasteiger partial charge on any atom is -0.459 e. The molecule has 0 unspecified atom stereocenters. The van der Waals surface area contributed by atoms with E-state index in [0.29, 0.717) is 23.3 Å². The second-order valence-electron chi connectivity index (χ2n) is 10.3. The van der Waals surface area contributed by atoms with Gasteiger partial charge in [0.1, 0.15) is 12.4 Å². The van der Waals surface area contributed by atoms with Gasteiger partial charge in [-0.15, -0.1) is 0 Å².